The second kappa shape index (κ2) is 11.4. The van der Waals surface area contributed by atoms with Crippen molar-refractivity contribution in [3.8, 4) is 0 Å². The molecule has 12 heteroatoms. The molecule has 1 N–H and O–H groups in total. The van der Waals surface area contributed by atoms with Crippen LogP contribution in [0, 0.1) is 11.3 Å². The molecular weight excluding hydrogens is 540 g/mol. The number of urea groups is 1. The van der Waals surface area contributed by atoms with Crippen LogP contribution in [0.1, 0.15) is 57.8 Å². The molecule has 5 aliphatic rings. The minimum atomic E-state index is -0.737. The molecule has 0 bridgehead atoms. The first-order valence-corrected chi connectivity index (χ1v) is 15.9. The van der Waals surface area contributed by atoms with E-state index in [1.807, 2.05) is 4.90 Å². The van der Waals surface area contributed by atoms with Gasteiger partial charge >= 0.3 is 6.03 Å². The van der Waals surface area contributed by atoms with Gasteiger partial charge in [-0.25, -0.2) is 4.79 Å². The Kier molecular flexibility index (Phi) is 8.36. The highest BCUT2D eigenvalue weighted by molar-refractivity contribution is 8.22. The van der Waals surface area contributed by atoms with Crippen molar-refractivity contribution in [2.24, 2.45) is 11.3 Å². The second-order valence-corrected chi connectivity index (χ2v) is 14.1. The Morgan fingerprint density at radius 3 is 2.36 bits per heavy atom. The van der Waals surface area contributed by atoms with Gasteiger partial charge in [0.05, 0.1) is 4.24 Å². The largest absolute Gasteiger partial charge is 0.381 e. The average molecular weight is 579 g/mol. The maximum absolute atomic E-state index is 13.5. The number of carbonyl (C=O) groups excluding carboxylic acids is 5. The van der Waals surface area contributed by atoms with Gasteiger partial charge in [0.25, 0.3) is 17.7 Å². The molecular formula is C27H38N4O6S2. The van der Waals surface area contributed by atoms with E-state index >= 15 is 0 Å². The first kappa shape index (κ1) is 28.5. The maximum atomic E-state index is 13.5. The minimum absolute atomic E-state index is 0.0132. The van der Waals surface area contributed by atoms with Crippen molar-refractivity contribution >= 4 is 53.7 Å². The molecule has 39 heavy (non-hydrogen) atoms. The predicted octanol–water partition coefficient (Wildman–Crippen LogP) is 2.58. The van der Waals surface area contributed by atoms with Crippen LogP contribution < -0.4 is 5.32 Å². The molecule has 2 spiro atoms. The Morgan fingerprint density at radius 1 is 1.10 bits per heavy atom. The van der Waals surface area contributed by atoms with Crippen LogP contribution in [0.3, 0.4) is 0 Å². The zero-order chi connectivity index (χ0) is 27.8. The maximum Gasteiger partial charge on any atom is 0.327 e. The molecule has 2 aliphatic carbocycles. The summed E-state index contributed by atoms with van der Waals surface area (Å²) >= 11 is 2.99. The van der Waals surface area contributed by atoms with Crippen LogP contribution in [-0.4, -0.2) is 102 Å². The quantitative estimate of drug-likeness (QED) is 0.168. The number of hydrogen-bond acceptors (Lipinski definition) is 8. The third-order valence-corrected chi connectivity index (χ3v) is 12.0. The van der Waals surface area contributed by atoms with E-state index in [9.17, 15) is 24.0 Å². The number of likely N-dealkylation sites (N-methyl/N-ethyl adjacent to an activating group) is 2. The van der Waals surface area contributed by atoms with Gasteiger partial charge in [0.1, 0.15) is 11.1 Å². The lowest BCUT2D eigenvalue weighted by atomic mass is 9.51. The highest BCUT2D eigenvalue weighted by Crippen LogP contribution is 2.61. The van der Waals surface area contributed by atoms with Gasteiger partial charge in [0.2, 0.25) is 6.41 Å². The summed E-state index contributed by atoms with van der Waals surface area (Å²) in [6, 6.07) is -0.215. The van der Waals surface area contributed by atoms with Crippen molar-refractivity contribution in [1.82, 2.24) is 20.0 Å². The van der Waals surface area contributed by atoms with Crippen LogP contribution in [0.25, 0.3) is 0 Å². The minimum Gasteiger partial charge on any atom is -0.381 e. The monoisotopic (exact) mass is 578 g/mol. The van der Waals surface area contributed by atoms with Gasteiger partial charge in [0, 0.05) is 39.9 Å². The van der Waals surface area contributed by atoms with Crippen molar-refractivity contribution in [1.29, 1.82) is 0 Å². The molecule has 0 aromatic rings. The van der Waals surface area contributed by atoms with Crippen LogP contribution in [0.4, 0.5) is 4.79 Å². The molecule has 3 aliphatic heterocycles. The van der Waals surface area contributed by atoms with Crippen LogP contribution in [0.5, 0.6) is 0 Å². The van der Waals surface area contributed by atoms with Crippen molar-refractivity contribution in [3.63, 3.8) is 0 Å². The fraction of sp³-hybridized carbons (Fsp3) is 0.741. The highest BCUT2D eigenvalue weighted by atomic mass is 32.2. The van der Waals surface area contributed by atoms with E-state index in [2.05, 4.69) is 5.32 Å². The van der Waals surface area contributed by atoms with Crippen LogP contribution in [-0.2, 0) is 23.9 Å². The molecule has 3 heterocycles. The number of rotatable bonds is 6. The number of nitrogens with zero attached hydrogens (tertiary/aromatic N) is 3. The lowest BCUT2D eigenvalue weighted by molar-refractivity contribution is -0.151. The van der Waals surface area contributed by atoms with Gasteiger partial charge in [-0.15, -0.1) is 23.5 Å². The van der Waals surface area contributed by atoms with Crippen molar-refractivity contribution in [3.05, 3.63) is 9.81 Å². The Balaban J connectivity index is 1.24. The molecule has 10 nitrogen and oxygen atoms in total. The lowest BCUT2D eigenvalue weighted by Crippen LogP contribution is -2.65. The van der Waals surface area contributed by atoms with Gasteiger partial charge in [0.15, 0.2) is 0 Å². The summed E-state index contributed by atoms with van der Waals surface area (Å²) in [5, 5.41) is 2.16. The van der Waals surface area contributed by atoms with E-state index in [0.717, 1.165) is 56.5 Å². The summed E-state index contributed by atoms with van der Waals surface area (Å²) < 4.78 is 6.17. The van der Waals surface area contributed by atoms with E-state index in [4.69, 9.17) is 4.74 Å². The van der Waals surface area contributed by atoms with E-state index in [-0.39, 0.29) is 34.9 Å². The van der Waals surface area contributed by atoms with E-state index in [1.165, 1.54) is 28.4 Å². The fourth-order valence-electron chi connectivity index (χ4n) is 7.13. The Bertz CT molecular complexity index is 1050. The zero-order valence-electron chi connectivity index (χ0n) is 22.7. The van der Waals surface area contributed by atoms with Crippen molar-refractivity contribution in [2.75, 3.05) is 45.4 Å². The molecule has 3 saturated heterocycles. The molecule has 6 amide bonds. The third kappa shape index (κ3) is 5.24. The first-order chi connectivity index (χ1) is 18.7. The third-order valence-electron chi connectivity index (χ3n) is 9.33. The van der Waals surface area contributed by atoms with Crippen LogP contribution in [0.15, 0.2) is 9.81 Å². The molecule has 5 rings (SSSR count). The van der Waals surface area contributed by atoms with Crippen molar-refractivity contribution in [2.45, 2.75) is 69.4 Å². The molecule has 5 fully saturated rings. The van der Waals surface area contributed by atoms with E-state index in [1.54, 1.807) is 19.0 Å². The number of imide groups is 2. The van der Waals surface area contributed by atoms with Gasteiger partial charge in [-0.05, 0) is 80.6 Å². The normalized spacial score (nSPS) is 31.4. The molecule has 0 atom stereocenters. The Morgan fingerprint density at radius 2 is 1.74 bits per heavy atom. The molecule has 0 radical (unpaired) electrons. The standard InChI is InChI=1S/C27H38N4O6S2/c1-29(22(34)20(21(33)28-17-32)23-38-12-3-13-39-23)19-4-8-26(9-5-19)15-27(16-26)24(35)30(2)25(36)31(27)14-18-6-10-37-11-7-18/h17-19H,3-16H2,1-2H3,(H,28,32,33). The second-order valence-electron chi connectivity index (χ2n) is 11.6. The van der Waals surface area contributed by atoms with Gasteiger partial charge in [-0.1, -0.05) is 0 Å². The van der Waals surface area contributed by atoms with Gasteiger partial charge in [-0.3, -0.25) is 29.4 Å². The molecule has 0 unspecified atom stereocenters. The zero-order valence-corrected chi connectivity index (χ0v) is 24.4. The summed E-state index contributed by atoms with van der Waals surface area (Å²) in [6.07, 6.45) is 7.77. The predicted molar refractivity (Wildman–Crippen MR) is 149 cm³/mol. The van der Waals surface area contributed by atoms with E-state index < -0.39 is 11.4 Å². The molecule has 2 saturated carbocycles. The summed E-state index contributed by atoms with van der Waals surface area (Å²) in [6.45, 7) is 2.01. The Labute approximate surface area is 238 Å². The number of ether oxygens (including phenoxy) is 1. The van der Waals surface area contributed by atoms with Crippen LogP contribution >= 0.6 is 23.5 Å². The number of thioether (sulfide) groups is 2. The number of nitrogens with one attached hydrogen (secondary N) is 1. The average Bonchev–Trinajstić information content (AvgIpc) is 3.11. The molecule has 0 aromatic heterocycles. The molecule has 214 valence electrons. The lowest BCUT2D eigenvalue weighted by Gasteiger charge is -2.59. The Hall–Kier alpha value is -2.05. The first-order valence-electron chi connectivity index (χ1n) is 13.9. The van der Waals surface area contributed by atoms with Gasteiger partial charge < -0.3 is 14.5 Å². The molecule has 0 aromatic carbocycles. The van der Waals surface area contributed by atoms with E-state index in [0.29, 0.717) is 49.2 Å². The number of carbonyl (C=O) groups is 5. The van der Waals surface area contributed by atoms with Crippen LogP contribution in [0.2, 0.25) is 0 Å². The fourth-order valence-corrected chi connectivity index (χ4v) is 9.74. The summed E-state index contributed by atoms with van der Waals surface area (Å²) in [5.74, 6) is 0.952. The SMILES string of the molecule is CN1C(=O)N(CC2CCOCC2)C2(CC3(CCC(N(C)C(=O)C(C(=O)NC=O)=C4SCCCS4)CC3)C2)C1=O. The number of hydrogen-bond donors (Lipinski definition) is 1. The highest BCUT2D eigenvalue weighted by Gasteiger charge is 2.68. The summed E-state index contributed by atoms with van der Waals surface area (Å²) in [5.41, 5.74) is -0.691. The van der Waals surface area contributed by atoms with Gasteiger partial charge in [-0.2, -0.15) is 0 Å². The smallest absolute Gasteiger partial charge is 0.327 e. The summed E-state index contributed by atoms with van der Waals surface area (Å²) in [7, 11) is 3.33. The summed E-state index contributed by atoms with van der Waals surface area (Å²) in [4.78, 5) is 68.4. The number of amides is 6. The van der Waals surface area contributed by atoms with Crippen molar-refractivity contribution < 1.29 is 28.7 Å². The topological polar surface area (TPSA) is 116 Å².